The topological polar surface area (TPSA) is 82.3 Å². The number of nitriles is 1. The fourth-order valence-corrected chi connectivity index (χ4v) is 2.17. The predicted molar refractivity (Wildman–Crippen MR) is 91.3 cm³/mol. The van der Waals surface area contributed by atoms with Crippen molar-refractivity contribution in [1.82, 2.24) is 5.32 Å². The van der Waals surface area contributed by atoms with E-state index >= 15 is 0 Å². The van der Waals surface area contributed by atoms with Crippen LogP contribution in [-0.2, 0) is 0 Å². The van der Waals surface area contributed by atoms with Crippen molar-refractivity contribution in [2.45, 2.75) is 6.92 Å². The molecule has 0 heterocycles. The standard InChI is InChI=1S/C18H17ClN2O3/c1-12(11-22)10-21-18(23)13-4-2-5-14(8-13)24-17-7-3-6-16(19)15(17)9-20/h2-8,12,22H,10-11H2,1H3,(H,21,23). The molecule has 0 aromatic heterocycles. The zero-order valence-corrected chi connectivity index (χ0v) is 13.9. The maximum absolute atomic E-state index is 12.1. The number of aliphatic hydroxyl groups is 1. The smallest absolute Gasteiger partial charge is 0.251 e. The first-order chi connectivity index (χ1) is 11.5. The molecule has 0 fully saturated rings. The summed E-state index contributed by atoms with van der Waals surface area (Å²) >= 11 is 5.98. The van der Waals surface area contributed by atoms with Crippen LogP contribution in [0.3, 0.4) is 0 Å². The Hall–Kier alpha value is -2.55. The summed E-state index contributed by atoms with van der Waals surface area (Å²) in [6, 6.07) is 13.6. The molecule has 0 spiro atoms. The summed E-state index contributed by atoms with van der Waals surface area (Å²) in [6.07, 6.45) is 0. The maximum atomic E-state index is 12.1. The number of halogens is 1. The van der Waals surface area contributed by atoms with Crippen molar-refractivity contribution in [3.8, 4) is 17.6 Å². The molecule has 2 N–H and O–H groups in total. The van der Waals surface area contributed by atoms with E-state index < -0.39 is 0 Å². The van der Waals surface area contributed by atoms with E-state index in [1.54, 1.807) is 42.5 Å². The highest BCUT2D eigenvalue weighted by atomic mass is 35.5. The first-order valence-electron chi connectivity index (χ1n) is 7.40. The summed E-state index contributed by atoms with van der Waals surface area (Å²) in [7, 11) is 0. The quantitative estimate of drug-likeness (QED) is 0.841. The Bertz CT molecular complexity index is 771. The van der Waals surface area contributed by atoms with Crippen LogP contribution in [0.25, 0.3) is 0 Å². The monoisotopic (exact) mass is 344 g/mol. The summed E-state index contributed by atoms with van der Waals surface area (Å²) < 4.78 is 5.69. The Morgan fingerprint density at radius 3 is 2.83 bits per heavy atom. The Balaban J connectivity index is 2.15. The first-order valence-corrected chi connectivity index (χ1v) is 7.78. The largest absolute Gasteiger partial charge is 0.456 e. The summed E-state index contributed by atoms with van der Waals surface area (Å²) in [4.78, 5) is 12.1. The van der Waals surface area contributed by atoms with Crippen LogP contribution in [0.4, 0.5) is 0 Å². The molecule has 0 saturated heterocycles. The number of hydrogen-bond donors (Lipinski definition) is 2. The van der Waals surface area contributed by atoms with Gasteiger partial charge in [-0.25, -0.2) is 0 Å². The van der Waals surface area contributed by atoms with Crippen LogP contribution in [0.1, 0.15) is 22.8 Å². The third-order valence-electron chi connectivity index (χ3n) is 3.33. The van der Waals surface area contributed by atoms with Gasteiger partial charge in [0.2, 0.25) is 0 Å². The van der Waals surface area contributed by atoms with Crippen LogP contribution >= 0.6 is 11.6 Å². The minimum Gasteiger partial charge on any atom is -0.456 e. The molecule has 0 radical (unpaired) electrons. The fraction of sp³-hybridized carbons (Fsp3) is 0.222. The molecular formula is C18H17ClN2O3. The van der Waals surface area contributed by atoms with Gasteiger partial charge in [0.15, 0.2) is 0 Å². The van der Waals surface area contributed by atoms with Gasteiger partial charge in [0.05, 0.1) is 5.02 Å². The number of carbonyl (C=O) groups is 1. The Morgan fingerprint density at radius 1 is 1.38 bits per heavy atom. The molecule has 0 aliphatic rings. The van der Waals surface area contributed by atoms with E-state index in [1.807, 2.05) is 13.0 Å². The van der Waals surface area contributed by atoms with Crippen molar-refractivity contribution < 1.29 is 14.6 Å². The molecule has 0 aliphatic carbocycles. The molecule has 1 atom stereocenters. The third-order valence-corrected chi connectivity index (χ3v) is 3.65. The average Bonchev–Trinajstić information content (AvgIpc) is 2.59. The van der Waals surface area contributed by atoms with Crippen molar-refractivity contribution in [2.75, 3.05) is 13.2 Å². The van der Waals surface area contributed by atoms with E-state index in [0.717, 1.165) is 0 Å². The van der Waals surface area contributed by atoms with Gasteiger partial charge in [0, 0.05) is 18.7 Å². The van der Waals surface area contributed by atoms with Gasteiger partial charge in [-0.05, 0) is 36.2 Å². The van der Waals surface area contributed by atoms with Gasteiger partial charge >= 0.3 is 0 Å². The van der Waals surface area contributed by atoms with Gasteiger partial charge < -0.3 is 15.2 Å². The lowest BCUT2D eigenvalue weighted by Gasteiger charge is -2.11. The third kappa shape index (κ3) is 4.48. The number of benzene rings is 2. The van der Waals surface area contributed by atoms with Crippen molar-refractivity contribution in [2.24, 2.45) is 5.92 Å². The van der Waals surface area contributed by atoms with Crippen LogP contribution in [-0.4, -0.2) is 24.2 Å². The second-order valence-corrected chi connectivity index (χ2v) is 5.76. The minimum absolute atomic E-state index is 0.00906. The fourth-order valence-electron chi connectivity index (χ4n) is 1.96. The minimum atomic E-state index is -0.257. The highest BCUT2D eigenvalue weighted by molar-refractivity contribution is 6.31. The zero-order chi connectivity index (χ0) is 17.5. The molecule has 0 saturated carbocycles. The highest BCUT2D eigenvalue weighted by Gasteiger charge is 2.11. The molecule has 2 rings (SSSR count). The van der Waals surface area contributed by atoms with E-state index in [0.29, 0.717) is 28.6 Å². The van der Waals surface area contributed by atoms with Crippen LogP contribution in [0.2, 0.25) is 5.02 Å². The summed E-state index contributed by atoms with van der Waals surface area (Å²) in [6.45, 7) is 2.23. The maximum Gasteiger partial charge on any atom is 0.251 e. The van der Waals surface area contributed by atoms with Crippen LogP contribution in [0.15, 0.2) is 42.5 Å². The average molecular weight is 345 g/mol. The molecule has 0 aliphatic heterocycles. The number of rotatable bonds is 6. The van der Waals surface area contributed by atoms with Gasteiger partial charge in [-0.1, -0.05) is 30.7 Å². The van der Waals surface area contributed by atoms with E-state index in [-0.39, 0.29) is 24.0 Å². The molecule has 2 aromatic carbocycles. The Labute approximate surface area is 145 Å². The van der Waals surface area contributed by atoms with Crippen molar-refractivity contribution >= 4 is 17.5 Å². The van der Waals surface area contributed by atoms with Crippen LogP contribution in [0, 0.1) is 17.2 Å². The van der Waals surface area contributed by atoms with Gasteiger partial charge in [0.1, 0.15) is 23.1 Å². The summed E-state index contributed by atoms with van der Waals surface area (Å²) in [5.41, 5.74) is 0.670. The molecule has 124 valence electrons. The molecule has 1 unspecified atom stereocenters. The van der Waals surface area contributed by atoms with Gasteiger partial charge in [0.25, 0.3) is 5.91 Å². The van der Waals surface area contributed by atoms with Crippen molar-refractivity contribution in [3.05, 3.63) is 58.6 Å². The van der Waals surface area contributed by atoms with Gasteiger partial charge in [-0.15, -0.1) is 0 Å². The second kappa shape index (κ2) is 8.34. The van der Waals surface area contributed by atoms with Gasteiger partial charge in [-0.3, -0.25) is 4.79 Å². The summed E-state index contributed by atoms with van der Waals surface area (Å²) in [5.74, 6) is 0.485. The molecule has 6 heteroatoms. The van der Waals surface area contributed by atoms with E-state index in [4.69, 9.17) is 26.7 Å². The number of aliphatic hydroxyl groups excluding tert-OH is 1. The zero-order valence-electron chi connectivity index (χ0n) is 13.1. The molecular weight excluding hydrogens is 328 g/mol. The van der Waals surface area contributed by atoms with E-state index in [1.165, 1.54) is 0 Å². The van der Waals surface area contributed by atoms with Gasteiger partial charge in [-0.2, -0.15) is 5.26 Å². The number of nitrogens with zero attached hydrogens (tertiary/aromatic N) is 1. The molecule has 5 nitrogen and oxygen atoms in total. The molecule has 0 bridgehead atoms. The number of ether oxygens (including phenoxy) is 1. The van der Waals surface area contributed by atoms with E-state index in [9.17, 15) is 4.79 Å². The second-order valence-electron chi connectivity index (χ2n) is 5.35. The lowest BCUT2D eigenvalue weighted by Crippen LogP contribution is -2.29. The van der Waals surface area contributed by atoms with Crippen LogP contribution < -0.4 is 10.1 Å². The number of amides is 1. The molecule has 1 amide bonds. The highest BCUT2D eigenvalue weighted by Crippen LogP contribution is 2.30. The molecule has 2 aromatic rings. The Kier molecular flexibility index (Phi) is 6.19. The Morgan fingerprint density at radius 2 is 2.12 bits per heavy atom. The number of carbonyl (C=O) groups excluding carboxylic acids is 1. The normalized spacial score (nSPS) is 11.4. The van der Waals surface area contributed by atoms with Crippen LogP contribution in [0.5, 0.6) is 11.5 Å². The number of nitrogens with one attached hydrogen (secondary N) is 1. The summed E-state index contributed by atoms with van der Waals surface area (Å²) in [5, 5.41) is 21.2. The molecule has 24 heavy (non-hydrogen) atoms. The lowest BCUT2D eigenvalue weighted by molar-refractivity contribution is 0.0942. The van der Waals surface area contributed by atoms with Crippen molar-refractivity contribution in [1.29, 1.82) is 5.26 Å². The first kappa shape index (κ1) is 17.8. The van der Waals surface area contributed by atoms with Crippen molar-refractivity contribution in [3.63, 3.8) is 0 Å². The predicted octanol–water partition coefficient (Wildman–Crippen LogP) is 3.36. The number of hydrogen-bond acceptors (Lipinski definition) is 4. The lowest BCUT2D eigenvalue weighted by atomic mass is 10.1. The SMILES string of the molecule is CC(CO)CNC(=O)c1cccc(Oc2cccc(Cl)c2C#N)c1. The van der Waals surface area contributed by atoms with E-state index in [2.05, 4.69) is 5.32 Å².